The average Bonchev–Trinajstić information content (AvgIpc) is 2.70. The van der Waals surface area contributed by atoms with Crippen LogP contribution in [0, 0.1) is 5.92 Å². The van der Waals surface area contributed by atoms with Gasteiger partial charge in [-0.2, -0.15) is 0 Å². The fraction of sp³-hybridized carbons (Fsp3) is 0.440. The quantitative estimate of drug-likeness (QED) is 0.484. The number of benzene rings is 2. The van der Waals surface area contributed by atoms with Gasteiger partial charge in [0.1, 0.15) is 0 Å². The second-order valence-electron chi connectivity index (χ2n) is 7.58. The summed E-state index contributed by atoms with van der Waals surface area (Å²) in [6.45, 7) is 2.93. The molecule has 0 saturated heterocycles. The molecule has 0 aromatic heterocycles. The van der Waals surface area contributed by atoms with Gasteiger partial charge in [-0.15, -0.1) is 0 Å². The second-order valence-corrected chi connectivity index (χ2v) is 7.58. The molecule has 0 bridgehead atoms. The number of unbranched alkanes of at least 4 members (excludes halogenated alkanes) is 1. The molecule has 0 aliphatic heterocycles. The Bertz CT molecular complexity index is 673. The maximum absolute atomic E-state index is 5.19. The first kappa shape index (κ1) is 18.9. The van der Waals surface area contributed by atoms with Gasteiger partial charge in [0.2, 0.25) is 0 Å². The first-order valence-corrected chi connectivity index (χ1v) is 10.1. The zero-order valence-corrected chi connectivity index (χ0v) is 16.3. The molecule has 1 saturated carbocycles. The number of ether oxygens (including phenoxy) is 1. The summed E-state index contributed by atoms with van der Waals surface area (Å²) in [5.74, 6) is 1.55. The minimum absolute atomic E-state index is 0.676. The lowest BCUT2D eigenvalue weighted by Crippen LogP contribution is -2.11. The summed E-state index contributed by atoms with van der Waals surface area (Å²) in [4.78, 5) is 0. The van der Waals surface area contributed by atoms with E-state index in [0.29, 0.717) is 6.61 Å². The topological polar surface area (TPSA) is 9.23 Å². The Morgan fingerprint density at radius 2 is 1.50 bits per heavy atom. The Labute approximate surface area is 159 Å². The fourth-order valence-electron chi connectivity index (χ4n) is 4.01. The zero-order valence-electron chi connectivity index (χ0n) is 16.3. The highest BCUT2D eigenvalue weighted by molar-refractivity contribution is 5.64. The predicted molar refractivity (Wildman–Crippen MR) is 111 cm³/mol. The highest BCUT2D eigenvalue weighted by atomic mass is 16.5. The molecule has 2 aromatic carbocycles. The minimum Gasteiger partial charge on any atom is -0.380 e. The van der Waals surface area contributed by atoms with E-state index in [1.54, 1.807) is 7.11 Å². The Morgan fingerprint density at radius 3 is 2.08 bits per heavy atom. The molecule has 0 N–H and O–H groups in total. The van der Waals surface area contributed by atoms with E-state index in [1.165, 1.54) is 60.8 Å². The van der Waals surface area contributed by atoms with Crippen LogP contribution >= 0.6 is 0 Å². The van der Waals surface area contributed by atoms with Gasteiger partial charge in [-0.3, -0.25) is 0 Å². The van der Waals surface area contributed by atoms with Gasteiger partial charge < -0.3 is 4.74 Å². The third-order valence-corrected chi connectivity index (χ3v) is 5.62. The summed E-state index contributed by atoms with van der Waals surface area (Å²) in [6.07, 6.45) is 12.7. The van der Waals surface area contributed by atoms with Crippen molar-refractivity contribution in [1.29, 1.82) is 0 Å². The van der Waals surface area contributed by atoms with Crippen molar-refractivity contribution in [2.24, 2.45) is 5.92 Å². The molecule has 26 heavy (non-hydrogen) atoms. The van der Waals surface area contributed by atoms with Crippen LogP contribution in [0.4, 0.5) is 0 Å². The van der Waals surface area contributed by atoms with Crippen LogP contribution in [0.15, 0.2) is 60.7 Å². The molecule has 1 aliphatic rings. The largest absolute Gasteiger partial charge is 0.380 e. The lowest BCUT2D eigenvalue weighted by Gasteiger charge is -2.27. The maximum Gasteiger partial charge on any atom is 0.0713 e. The van der Waals surface area contributed by atoms with E-state index >= 15 is 0 Å². The molecule has 3 rings (SSSR count). The molecule has 0 heterocycles. The molecule has 138 valence electrons. The molecule has 1 fully saturated rings. The zero-order chi connectivity index (χ0) is 18.2. The maximum atomic E-state index is 5.19. The number of hydrogen-bond acceptors (Lipinski definition) is 1. The van der Waals surface area contributed by atoms with Gasteiger partial charge >= 0.3 is 0 Å². The lowest BCUT2D eigenvalue weighted by molar-refractivity contribution is 0.185. The van der Waals surface area contributed by atoms with Gasteiger partial charge in [-0.05, 0) is 66.2 Å². The predicted octanol–water partition coefficient (Wildman–Crippen LogP) is 7.13. The van der Waals surface area contributed by atoms with Gasteiger partial charge in [0, 0.05) is 7.11 Å². The van der Waals surface area contributed by atoms with Crippen molar-refractivity contribution in [2.45, 2.75) is 58.0 Å². The third kappa shape index (κ3) is 5.08. The SMILES string of the molecule is CCCC=CC1CCC(c2ccc(-c3ccc(COC)cc3)cc2)CC1. The summed E-state index contributed by atoms with van der Waals surface area (Å²) >= 11 is 0. The highest BCUT2D eigenvalue weighted by Crippen LogP contribution is 2.37. The normalized spacial score (nSPS) is 20.5. The van der Waals surface area contributed by atoms with Crippen LogP contribution in [0.5, 0.6) is 0 Å². The third-order valence-electron chi connectivity index (χ3n) is 5.62. The van der Waals surface area contributed by atoms with Crippen molar-refractivity contribution < 1.29 is 4.74 Å². The van der Waals surface area contributed by atoms with Crippen molar-refractivity contribution in [3.05, 3.63) is 71.8 Å². The van der Waals surface area contributed by atoms with Crippen molar-refractivity contribution in [2.75, 3.05) is 7.11 Å². The highest BCUT2D eigenvalue weighted by Gasteiger charge is 2.20. The first-order valence-electron chi connectivity index (χ1n) is 10.1. The van der Waals surface area contributed by atoms with E-state index < -0.39 is 0 Å². The molecular formula is C25H32O. The smallest absolute Gasteiger partial charge is 0.0713 e. The molecule has 0 amide bonds. The molecule has 0 unspecified atom stereocenters. The Hall–Kier alpha value is -1.86. The van der Waals surface area contributed by atoms with E-state index in [4.69, 9.17) is 4.74 Å². The van der Waals surface area contributed by atoms with E-state index in [9.17, 15) is 0 Å². The molecule has 1 nitrogen and oxygen atoms in total. The standard InChI is InChI=1S/C25H32O/c1-3-4-5-6-20-7-11-22(12-8-20)24-15-17-25(18-16-24)23-13-9-21(10-14-23)19-26-2/h5-6,9-10,13-18,20,22H,3-4,7-8,11-12,19H2,1-2H3. The minimum atomic E-state index is 0.676. The lowest BCUT2D eigenvalue weighted by atomic mass is 9.78. The van der Waals surface area contributed by atoms with Crippen LogP contribution in [0.25, 0.3) is 11.1 Å². The van der Waals surface area contributed by atoms with Crippen molar-refractivity contribution >= 4 is 0 Å². The number of methoxy groups -OCH3 is 1. The van der Waals surface area contributed by atoms with Crippen molar-refractivity contribution in [3.63, 3.8) is 0 Å². The summed E-state index contributed by atoms with van der Waals surface area (Å²) in [7, 11) is 1.74. The van der Waals surface area contributed by atoms with Crippen LogP contribution in [-0.2, 0) is 11.3 Å². The molecule has 0 radical (unpaired) electrons. The van der Waals surface area contributed by atoms with Gasteiger partial charge in [0.15, 0.2) is 0 Å². The van der Waals surface area contributed by atoms with Crippen molar-refractivity contribution in [1.82, 2.24) is 0 Å². The molecule has 2 aromatic rings. The van der Waals surface area contributed by atoms with Gasteiger partial charge in [0.05, 0.1) is 6.61 Å². The molecular weight excluding hydrogens is 316 g/mol. The van der Waals surface area contributed by atoms with Gasteiger partial charge in [0.25, 0.3) is 0 Å². The van der Waals surface area contributed by atoms with Crippen LogP contribution in [0.1, 0.15) is 62.5 Å². The van der Waals surface area contributed by atoms with E-state index in [2.05, 4.69) is 67.6 Å². The summed E-state index contributed by atoms with van der Waals surface area (Å²) in [5, 5.41) is 0. The summed E-state index contributed by atoms with van der Waals surface area (Å²) in [5.41, 5.74) is 5.31. The fourth-order valence-corrected chi connectivity index (χ4v) is 4.01. The molecule has 0 atom stereocenters. The van der Waals surface area contributed by atoms with E-state index in [-0.39, 0.29) is 0 Å². The van der Waals surface area contributed by atoms with E-state index in [1.807, 2.05) is 0 Å². The number of hydrogen-bond donors (Lipinski definition) is 0. The second kappa shape index (κ2) is 9.73. The Balaban J connectivity index is 1.58. The summed E-state index contributed by atoms with van der Waals surface area (Å²) in [6, 6.07) is 17.9. The number of rotatable bonds is 7. The van der Waals surface area contributed by atoms with Crippen LogP contribution in [0.2, 0.25) is 0 Å². The van der Waals surface area contributed by atoms with Gasteiger partial charge in [-0.25, -0.2) is 0 Å². The first-order chi connectivity index (χ1) is 12.8. The van der Waals surface area contributed by atoms with Gasteiger partial charge in [-0.1, -0.05) is 74.0 Å². The average molecular weight is 349 g/mol. The van der Waals surface area contributed by atoms with Crippen molar-refractivity contribution in [3.8, 4) is 11.1 Å². The summed E-state index contributed by atoms with van der Waals surface area (Å²) < 4.78 is 5.19. The number of allylic oxidation sites excluding steroid dienone is 2. The van der Waals surface area contributed by atoms with Crippen LogP contribution in [0.3, 0.4) is 0 Å². The Morgan fingerprint density at radius 1 is 0.885 bits per heavy atom. The molecule has 1 heteroatoms. The van der Waals surface area contributed by atoms with Crippen LogP contribution < -0.4 is 0 Å². The Kier molecular flexibility index (Phi) is 7.08. The molecule has 0 spiro atoms. The van der Waals surface area contributed by atoms with Crippen LogP contribution in [-0.4, -0.2) is 7.11 Å². The monoisotopic (exact) mass is 348 g/mol. The van der Waals surface area contributed by atoms with E-state index in [0.717, 1.165) is 11.8 Å². The molecule has 1 aliphatic carbocycles.